The minimum atomic E-state index is 0.135. The van der Waals surface area contributed by atoms with Gasteiger partial charge in [-0.1, -0.05) is 11.6 Å². The van der Waals surface area contributed by atoms with Gasteiger partial charge >= 0.3 is 0 Å². The fourth-order valence-corrected chi connectivity index (χ4v) is 2.08. The molecule has 0 aromatic rings. The van der Waals surface area contributed by atoms with E-state index in [0.717, 1.165) is 26.1 Å². The zero-order chi connectivity index (χ0) is 13.1. The lowest BCUT2D eigenvalue weighted by atomic mass is 9.97. The van der Waals surface area contributed by atoms with Crippen LogP contribution in [0.1, 0.15) is 38.5 Å². The maximum absolute atomic E-state index is 11.5. The van der Waals surface area contributed by atoms with E-state index in [-0.39, 0.29) is 5.91 Å². The second kappa shape index (κ2) is 10.1. The van der Waals surface area contributed by atoms with Crippen molar-refractivity contribution in [2.45, 2.75) is 38.5 Å². The molecule has 0 bridgehead atoms. The van der Waals surface area contributed by atoms with Crippen LogP contribution in [0.4, 0.5) is 0 Å². The van der Waals surface area contributed by atoms with Gasteiger partial charge < -0.3 is 15.4 Å². The second-order valence-electron chi connectivity index (χ2n) is 4.70. The van der Waals surface area contributed by atoms with Crippen LogP contribution < -0.4 is 10.6 Å². The molecular weight excluding hydrogens is 228 g/mol. The van der Waals surface area contributed by atoms with Gasteiger partial charge in [0.1, 0.15) is 0 Å². The van der Waals surface area contributed by atoms with Crippen molar-refractivity contribution in [1.82, 2.24) is 10.6 Å². The zero-order valence-electron chi connectivity index (χ0n) is 11.5. The lowest BCUT2D eigenvalue weighted by Gasteiger charge is -2.13. The average Bonchev–Trinajstić information content (AvgIpc) is 2.40. The summed E-state index contributed by atoms with van der Waals surface area (Å²) in [4.78, 5) is 11.5. The number of methoxy groups -OCH3 is 1. The highest BCUT2D eigenvalue weighted by Crippen LogP contribution is 2.19. The van der Waals surface area contributed by atoms with Gasteiger partial charge in [-0.3, -0.25) is 4.79 Å². The number of carbonyl (C=O) groups is 1. The number of carbonyl (C=O) groups excluding carboxylic acids is 1. The number of ether oxygens (including phenoxy) is 1. The Morgan fingerprint density at radius 1 is 1.33 bits per heavy atom. The molecule has 0 radical (unpaired) electrons. The standard InChI is InChI=1S/C14H26N2O2/c1-18-12-11-15-9-8-14(17)16-10-7-13-5-3-2-4-6-13/h5,15H,2-4,6-12H2,1H3,(H,16,17). The third-order valence-electron chi connectivity index (χ3n) is 3.17. The molecule has 2 N–H and O–H groups in total. The number of amides is 1. The van der Waals surface area contributed by atoms with Crippen molar-refractivity contribution >= 4 is 5.91 Å². The third kappa shape index (κ3) is 7.45. The predicted molar refractivity (Wildman–Crippen MR) is 73.5 cm³/mol. The fourth-order valence-electron chi connectivity index (χ4n) is 2.08. The van der Waals surface area contributed by atoms with Crippen LogP contribution in [0.2, 0.25) is 0 Å². The summed E-state index contributed by atoms with van der Waals surface area (Å²) in [5, 5.41) is 6.13. The molecule has 0 atom stereocenters. The maximum Gasteiger partial charge on any atom is 0.221 e. The van der Waals surface area contributed by atoms with Gasteiger partial charge in [-0.05, 0) is 32.1 Å². The van der Waals surface area contributed by atoms with Crippen LogP contribution in [0.3, 0.4) is 0 Å². The molecular formula is C14H26N2O2. The molecule has 0 heterocycles. The highest BCUT2D eigenvalue weighted by Gasteiger charge is 2.04. The summed E-state index contributed by atoms with van der Waals surface area (Å²) in [6.45, 7) is 2.99. The van der Waals surface area contributed by atoms with Gasteiger partial charge in [0.05, 0.1) is 6.61 Å². The Bertz CT molecular complexity index is 265. The smallest absolute Gasteiger partial charge is 0.221 e. The van der Waals surface area contributed by atoms with Gasteiger partial charge in [0.25, 0.3) is 0 Å². The van der Waals surface area contributed by atoms with E-state index in [2.05, 4.69) is 16.7 Å². The highest BCUT2D eigenvalue weighted by atomic mass is 16.5. The molecule has 0 saturated heterocycles. The molecule has 0 aliphatic heterocycles. The molecule has 0 aromatic heterocycles. The monoisotopic (exact) mass is 254 g/mol. The molecule has 1 amide bonds. The first-order valence-corrected chi connectivity index (χ1v) is 6.97. The average molecular weight is 254 g/mol. The van der Waals surface area contributed by atoms with Crippen LogP contribution in [0, 0.1) is 0 Å². The first kappa shape index (κ1) is 15.2. The molecule has 0 unspecified atom stereocenters. The quantitative estimate of drug-likeness (QED) is 0.485. The number of rotatable bonds is 9. The fraction of sp³-hybridized carbons (Fsp3) is 0.786. The first-order chi connectivity index (χ1) is 8.83. The Labute approximate surface area is 110 Å². The van der Waals surface area contributed by atoms with E-state index in [1.54, 1.807) is 7.11 Å². The van der Waals surface area contributed by atoms with E-state index < -0.39 is 0 Å². The number of nitrogens with one attached hydrogen (secondary N) is 2. The molecule has 1 aliphatic rings. The van der Waals surface area contributed by atoms with Crippen molar-refractivity contribution in [2.75, 3.05) is 33.4 Å². The van der Waals surface area contributed by atoms with Crippen LogP contribution in [0.5, 0.6) is 0 Å². The van der Waals surface area contributed by atoms with E-state index >= 15 is 0 Å². The van der Waals surface area contributed by atoms with E-state index in [1.807, 2.05) is 0 Å². The Balaban J connectivity index is 1.94. The molecule has 18 heavy (non-hydrogen) atoms. The van der Waals surface area contributed by atoms with Crippen molar-refractivity contribution in [3.05, 3.63) is 11.6 Å². The first-order valence-electron chi connectivity index (χ1n) is 6.97. The minimum absolute atomic E-state index is 0.135. The van der Waals surface area contributed by atoms with Crippen molar-refractivity contribution in [3.63, 3.8) is 0 Å². The predicted octanol–water partition coefficient (Wildman–Crippen LogP) is 1.62. The molecule has 1 aliphatic carbocycles. The van der Waals surface area contributed by atoms with Gasteiger partial charge in [0.15, 0.2) is 0 Å². The molecule has 104 valence electrons. The van der Waals surface area contributed by atoms with Gasteiger partial charge in [-0.2, -0.15) is 0 Å². The molecule has 0 fully saturated rings. The summed E-state index contributed by atoms with van der Waals surface area (Å²) in [5.41, 5.74) is 1.51. The normalized spacial score (nSPS) is 15.3. The third-order valence-corrected chi connectivity index (χ3v) is 3.17. The Kier molecular flexibility index (Phi) is 8.51. The Hall–Kier alpha value is -0.870. The summed E-state index contributed by atoms with van der Waals surface area (Å²) < 4.78 is 4.91. The number of allylic oxidation sites excluding steroid dienone is 1. The molecule has 4 heteroatoms. The van der Waals surface area contributed by atoms with E-state index in [9.17, 15) is 4.79 Å². The molecule has 1 rings (SSSR count). The van der Waals surface area contributed by atoms with E-state index in [1.165, 1.54) is 31.3 Å². The summed E-state index contributed by atoms with van der Waals surface area (Å²) in [7, 11) is 1.67. The van der Waals surface area contributed by atoms with Crippen LogP contribution >= 0.6 is 0 Å². The molecule has 0 spiro atoms. The topological polar surface area (TPSA) is 50.4 Å². The largest absolute Gasteiger partial charge is 0.383 e. The van der Waals surface area contributed by atoms with Gasteiger partial charge in [0, 0.05) is 33.2 Å². The summed E-state index contributed by atoms with van der Waals surface area (Å²) in [5.74, 6) is 0.135. The Morgan fingerprint density at radius 3 is 2.94 bits per heavy atom. The lowest BCUT2D eigenvalue weighted by molar-refractivity contribution is -0.120. The van der Waals surface area contributed by atoms with Crippen LogP contribution in [0.25, 0.3) is 0 Å². The SMILES string of the molecule is COCCNCCC(=O)NCCC1=CCCCC1. The lowest BCUT2D eigenvalue weighted by Crippen LogP contribution is -2.29. The molecule has 0 saturated carbocycles. The van der Waals surface area contributed by atoms with Crippen molar-refractivity contribution in [1.29, 1.82) is 0 Å². The minimum Gasteiger partial charge on any atom is -0.383 e. The Morgan fingerprint density at radius 2 is 2.22 bits per heavy atom. The second-order valence-corrected chi connectivity index (χ2v) is 4.70. The molecule has 0 aromatic carbocycles. The van der Waals surface area contributed by atoms with E-state index in [0.29, 0.717) is 13.0 Å². The van der Waals surface area contributed by atoms with Gasteiger partial charge in [-0.15, -0.1) is 0 Å². The van der Waals surface area contributed by atoms with Crippen LogP contribution in [0.15, 0.2) is 11.6 Å². The summed E-state index contributed by atoms with van der Waals surface area (Å²) >= 11 is 0. The maximum atomic E-state index is 11.5. The van der Waals surface area contributed by atoms with Crippen LogP contribution in [-0.4, -0.2) is 39.3 Å². The van der Waals surface area contributed by atoms with Crippen LogP contribution in [-0.2, 0) is 9.53 Å². The highest BCUT2D eigenvalue weighted by molar-refractivity contribution is 5.76. The number of hydrogen-bond acceptors (Lipinski definition) is 3. The van der Waals surface area contributed by atoms with Gasteiger partial charge in [0.2, 0.25) is 5.91 Å². The molecule has 4 nitrogen and oxygen atoms in total. The van der Waals surface area contributed by atoms with E-state index in [4.69, 9.17) is 4.74 Å². The number of hydrogen-bond donors (Lipinski definition) is 2. The van der Waals surface area contributed by atoms with Crippen molar-refractivity contribution in [2.24, 2.45) is 0 Å². The van der Waals surface area contributed by atoms with Gasteiger partial charge in [-0.25, -0.2) is 0 Å². The van der Waals surface area contributed by atoms with Crippen molar-refractivity contribution in [3.8, 4) is 0 Å². The summed E-state index contributed by atoms with van der Waals surface area (Å²) in [6.07, 6.45) is 8.96. The summed E-state index contributed by atoms with van der Waals surface area (Å²) in [6, 6.07) is 0. The zero-order valence-corrected chi connectivity index (χ0v) is 11.5. The van der Waals surface area contributed by atoms with Crippen molar-refractivity contribution < 1.29 is 9.53 Å².